The number of hydrogen-bond acceptors (Lipinski definition) is 6. The third-order valence-corrected chi connectivity index (χ3v) is 5.05. The van der Waals surface area contributed by atoms with E-state index in [4.69, 9.17) is 4.74 Å². The summed E-state index contributed by atoms with van der Waals surface area (Å²) in [5.74, 6) is 0.503. The molecule has 3 aromatic rings. The Labute approximate surface area is 159 Å². The van der Waals surface area contributed by atoms with E-state index in [1.54, 1.807) is 40.3 Å². The number of piperidine rings is 1. The molecule has 1 atom stereocenters. The third-order valence-electron chi connectivity index (χ3n) is 4.47. The predicted molar refractivity (Wildman–Crippen MR) is 98.5 cm³/mol. The Morgan fingerprint density at radius 1 is 1.19 bits per heavy atom. The van der Waals surface area contributed by atoms with E-state index < -0.39 is 0 Å². The van der Waals surface area contributed by atoms with Gasteiger partial charge in [0.15, 0.2) is 0 Å². The number of nitrogens with zero attached hydrogens (tertiary/aromatic N) is 4. The standard InChI is InChI=1S/C19H17FN4O2S/c20-14-3-5-15(6-4-14)26-18-17(21-7-8-22-18)13-2-1-9-24(10-13)19(25)16-11-27-12-23-16/h3-8,11-13H,1-2,9-10H2/t13-/m1/s1. The second kappa shape index (κ2) is 7.79. The molecular weight excluding hydrogens is 367 g/mol. The largest absolute Gasteiger partial charge is 0.437 e. The molecule has 2 aromatic heterocycles. The molecule has 4 rings (SSSR count). The zero-order chi connectivity index (χ0) is 18.6. The second-order valence-corrected chi connectivity index (χ2v) is 6.99. The summed E-state index contributed by atoms with van der Waals surface area (Å²) in [4.78, 5) is 27.3. The van der Waals surface area contributed by atoms with Gasteiger partial charge in [-0.15, -0.1) is 11.3 Å². The van der Waals surface area contributed by atoms with Crippen molar-refractivity contribution in [3.05, 3.63) is 64.8 Å². The second-order valence-electron chi connectivity index (χ2n) is 6.27. The fourth-order valence-corrected chi connectivity index (χ4v) is 3.70. The number of hydrogen-bond donors (Lipinski definition) is 0. The molecule has 0 radical (unpaired) electrons. The van der Waals surface area contributed by atoms with Crippen molar-refractivity contribution < 1.29 is 13.9 Å². The van der Waals surface area contributed by atoms with Crippen LogP contribution in [0.25, 0.3) is 0 Å². The summed E-state index contributed by atoms with van der Waals surface area (Å²) < 4.78 is 18.9. The van der Waals surface area contributed by atoms with Gasteiger partial charge in [-0.3, -0.25) is 9.78 Å². The number of carbonyl (C=O) groups is 1. The quantitative estimate of drug-likeness (QED) is 0.683. The van der Waals surface area contributed by atoms with Gasteiger partial charge in [-0.1, -0.05) is 0 Å². The van der Waals surface area contributed by atoms with Gasteiger partial charge in [0, 0.05) is 36.8 Å². The number of amides is 1. The highest BCUT2D eigenvalue weighted by Gasteiger charge is 2.29. The van der Waals surface area contributed by atoms with Gasteiger partial charge in [-0.2, -0.15) is 0 Å². The summed E-state index contributed by atoms with van der Waals surface area (Å²) in [5, 5.41) is 1.76. The summed E-state index contributed by atoms with van der Waals surface area (Å²) in [6, 6.07) is 5.76. The first-order valence-corrected chi connectivity index (χ1v) is 9.57. The summed E-state index contributed by atoms with van der Waals surface area (Å²) >= 11 is 1.41. The maximum atomic E-state index is 13.1. The first-order valence-electron chi connectivity index (χ1n) is 8.62. The Kier molecular flexibility index (Phi) is 5.06. The van der Waals surface area contributed by atoms with Crippen LogP contribution < -0.4 is 4.74 Å². The lowest BCUT2D eigenvalue weighted by molar-refractivity contribution is 0.0699. The van der Waals surface area contributed by atoms with Gasteiger partial charge in [0.05, 0.1) is 5.51 Å². The highest BCUT2D eigenvalue weighted by molar-refractivity contribution is 7.07. The summed E-state index contributed by atoms with van der Waals surface area (Å²) in [6.45, 7) is 1.23. The van der Waals surface area contributed by atoms with Gasteiger partial charge in [0.2, 0.25) is 5.88 Å². The molecule has 1 aliphatic rings. The molecule has 1 amide bonds. The molecule has 0 aliphatic carbocycles. The van der Waals surface area contributed by atoms with Crippen molar-refractivity contribution in [2.75, 3.05) is 13.1 Å². The number of benzene rings is 1. The minimum Gasteiger partial charge on any atom is -0.437 e. The normalized spacial score (nSPS) is 16.9. The van der Waals surface area contributed by atoms with Crippen molar-refractivity contribution in [3.63, 3.8) is 0 Å². The molecule has 0 bridgehead atoms. The van der Waals surface area contributed by atoms with Crippen molar-refractivity contribution in [1.29, 1.82) is 0 Å². The molecule has 1 fully saturated rings. The number of thiazole rings is 1. The topological polar surface area (TPSA) is 68.2 Å². The number of rotatable bonds is 4. The van der Waals surface area contributed by atoms with Gasteiger partial charge in [0.25, 0.3) is 5.91 Å². The van der Waals surface area contributed by atoms with Crippen molar-refractivity contribution in [1.82, 2.24) is 19.9 Å². The zero-order valence-electron chi connectivity index (χ0n) is 14.4. The van der Waals surface area contributed by atoms with Gasteiger partial charge in [-0.25, -0.2) is 14.4 Å². The predicted octanol–water partition coefficient (Wildman–Crippen LogP) is 3.88. The Hall–Kier alpha value is -2.87. The van der Waals surface area contributed by atoms with Crippen LogP contribution in [0, 0.1) is 5.82 Å². The molecule has 1 aromatic carbocycles. The SMILES string of the molecule is O=C(c1cscn1)N1CCC[C@@H](c2nccnc2Oc2ccc(F)cc2)C1. The van der Waals surface area contributed by atoms with Gasteiger partial charge < -0.3 is 9.64 Å². The van der Waals surface area contributed by atoms with Crippen LogP contribution >= 0.6 is 11.3 Å². The molecule has 1 aliphatic heterocycles. The van der Waals surface area contributed by atoms with Crippen molar-refractivity contribution in [2.24, 2.45) is 0 Å². The molecule has 0 N–H and O–H groups in total. The van der Waals surface area contributed by atoms with E-state index in [0.717, 1.165) is 12.8 Å². The van der Waals surface area contributed by atoms with Crippen LogP contribution in [0.2, 0.25) is 0 Å². The van der Waals surface area contributed by atoms with Crippen LogP contribution in [0.15, 0.2) is 47.5 Å². The molecule has 8 heteroatoms. The summed E-state index contributed by atoms with van der Waals surface area (Å²) in [5.41, 5.74) is 2.84. The lowest BCUT2D eigenvalue weighted by Crippen LogP contribution is -2.39. The monoisotopic (exact) mass is 384 g/mol. The summed E-state index contributed by atoms with van der Waals surface area (Å²) in [7, 11) is 0. The fraction of sp³-hybridized carbons (Fsp3) is 0.263. The first kappa shape index (κ1) is 17.5. The molecule has 138 valence electrons. The molecule has 0 unspecified atom stereocenters. The van der Waals surface area contributed by atoms with Crippen molar-refractivity contribution in [2.45, 2.75) is 18.8 Å². The molecule has 1 saturated heterocycles. The van der Waals surface area contributed by atoms with E-state index in [1.807, 2.05) is 0 Å². The van der Waals surface area contributed by atoms with Crippen LogP contribution in [0.3, 0.4) is 0 Å². The maximum Gasteiger partial charge on any atom is 0.273 e. The van der Waals surface area contributed by atoms with Crippen molar-refractivity contribution >= 4 is 17.2 Å². The van der Waals surface area contributed by atoms with E-state index in [2.05, 4.69) is 15.0 Å². The van der Waals surface area contributed by atoms with E-state index in [-0.39, 0.29) is 17.6 Å². The Morgan fingerprint density at radius 3 is 2.78 bits per heavy atom. The maximum absolute atomic E-state index is 13.1. The van der Waals surface area contributed by atoms with Gasteiger partial charge in [0.1, 0.15) is 23.0 Å². The van der Waals surface area contributed by atoms with Crippen LogP contribution in [0.4, 0.5) is 4.39 Å². The highest BCUT2D eigenvalue weighted by atomic mass is 32.1. The average molecular weight is 384 g/mol. The molecule has 27 heavy (non-hydrogen) atoms. The lowest BCUT2D eigenvalue weighted by Gasteiger charge is -2.32. The zero-order valence-corrected chi connectivity index (χ0v) is 15.2. The third kappa shape index (κ3) is 3.95. The van der Waals surface area contributed by atoms with E-state index in [9.17, 15) is 9.18 Å². The van der Waals surface area contributed by atoms with E-state index in [1.165, 1.54) is 23.5 Å². The molecule has 6 nitrogen and oxygen atoms in total. The minimum atomic E-state index is -0.329. The molecule has 0 saturated carbocycles. The van der Waals surface area contributed by atoms with Crippen LogP contribution in [0.5, 0.6) is 11.6 Å². The van der Waals surface area contributed by atoms with E-state index in [0.29, 0.717) is 36.1 Å². The van der Waals surface area contributed by atoms with Crippen LogP contribution in [-0.4, -0.2) is 38.8 Å². The fourth-order valence-electron chi connectivity index (χ4n) is 3.17. The minimum absolute atomic E-state index is 0.0190. The molecule has 3 heterocycles. The van der Waals surface area contributed by atoms with Crippen LogP contribution in [0.1, 0.15) is 34.9 Å². The average Bonchev–Trinajstić information content (AvgIpc) is 3.24. The molecule has 0 spiro atoms. The van der Waals surface area contributed by atoms with Crippen molar-refractivity contribution in [3.8, 4) is 11.6 Å². The van der Waals surface area contributed by atoms with Gasteiger partial charge >= 0.3 is 0 Å². The molecular formula is C19H17FN4O2S. The Bertz CT molecular complexity index is 918. The number of halogens is 1. The number of likely N-dealkylation sites (tertiary alicyclic amines) is 1. The first-order chi connectivity index (χ1) is 13.2. The number of aromatic nitrogens is 3. The highest BCUT2D eigenvalue weighted by Crippen LogP contribution is 2.33. The van der Waals surface area contributed by atoms with E-state index >= 15 is 0 Å². The summed E-state index contributed by atoms with van der Waals surface area (Å²) in [6.07, 6.45) is 4.93. The number of carbonyl (C=O) groups excluding carboxylic acids is 1. The lowest BCUT2D eigenvalue weighted by atomic mass is 9.94. The van der Waals surface area contributed by atoms with Crippen LogP contribution in [-0.2, 0) is 0 Å². The Morgan fingerprint density at radius 2 is 2.00 bits per heavy atom. The van der Waals surface area contributed by atoms with Gasteiger partial charge in [-0.05, 0) is 37.1 Å². The Balaban J connectivity index is 1.54. The number of ether oxygens (including phenoxy) is 1. The smallest absolute Gasteiger partial charge is 0.273 e.